The van der Waals surface area contributed by atoms with Crippen molar-refractivity contribution in [2.45, 2.75) is 65.3 Å². The van der Waals surface area contributed by atoms with E-state index in [2.05, 4.69) is 6.07 Å². The van der Waals surface area contributed by atoms with Crippen molar-refractivity contribution in [1.82, 2.24) is 0 Å². The molecule has 2 atom stereocenters. The summed E-state index contributed by atoms with van der Waals surface area (Å²) in [6.07, 6.45) is 4.29. The maximum absolute atomic E-state index is 12.4. The first-order chi connectivity index (χ1) is 13.0. The highest BCUT2D eigenvalue weighted by atomic mass is 16.7. The fourth-order valence-corrected chi connectivity index (χ4v) is 3.29. The Morgan fingerprint density at radius 2 is 1.93 bits per heavy atom. The standard InChI is InChI=1S/C22H30O5/c1-4-25-16(3)27-20-14-19(21(23)15-20)13-18-10-7-6-9-17(18)11-8-12-22(24)26-5-2/h6-7,9-10,14,16,20H,4-5,8,11-13,15H2,1-3H3. The van der Waals surface area contributed by atoms with Crippen LogP contribution in [0.4, 0.5) is 0 Å². The Bertz CT molecular complexity index is 664. The van der Waals surface area contributed by atoms with E-state index < -0.39 is 0 Å². The van der Waals surface area contributed by atoms with Gasteiger partial charge in [-0.25, -0.2) is 0 Å². The van der Waals surface area contributed by atoms with E-state index in [9.17, 15) is 9.59 Å². The van der Waals surface area contributed by atoms with Crippen LogP contribution in [0.25, 0.3) is 0 Å². The molecule has 148 valence electrons. The van der Waals surface area contributed by atoms with E-state index in [1.54, 1.807) is 0 Å². The third-order valence-corrected chi connectivity index (χ3v) is 4.53. The van der Waals surface area contributed by atoms with Crippen LogP contribution in [0.15, 0.2) is 35.9 Å². The first-order valence-electron chi connectivity index (χ1n) is 9.76. The molecule has 0 fully saturated rings. The summed E-state index contributed by atoms with van der Waals surface area (Å²) in [6.45, 7) is 6.57. The molecule has 0 saturated carbocycles. The first kappa shape index (κ1) is 21.3. The van der Waals surface area contributed by atoms with Crippen LogP contribution in [0, 0.1) is 0 Å². The number of rotatable bonds is 11. The Kier molecular flexibility index (Phi) is 8.69. The minimum Gasteiger partial charge on any atom is -0.466 e. The summed E-state index contributed by atoms with van der Waals surface area (Å²) >= 11 is 0. The molecule has 5 nitrogen and oxygen atoms in total. The second-order valence-electron chi connectivity index (χ2n) is 6.62. The predicted molar refractivity (Wildman–Crippen MR) is 103 cm³/mol. The zero-order valence-electron chi connectivity index (χ0n) is 16.5. The molecule has 2 rings (SSSR count). The Balaban J connectivity index is 1.96. The highest BCUT2D eigenvalue weighted by Crippen LogP contribution is 2.24. The highest BCUT2D eigenvalue weighted by Gasteiger charge is 2.26. The van der Waals surface area contributed by atoms with E-state index in [1.807, 2.05) is 45.0 Å². The van der Waals surface area contributed by atoms with Gasteiger partial charge in [0.15, 0.2) is 12.1 Å². The third-order valence-electron chi connectivity index (χ3n) is 4.53. The molecular formula is C22H30O5. The first-order valence-corrected chi connectivity index (χ1v) is 9.76. The molecule has 1 aliphatic rings. The van der Waals surface area contributed by atoms with Crippen molar-refractivity contribution in [3.8, 4) is 0 Å². The molecule has 0 bridgehead atoms. The van der Waals surface area contributed by atoms with Crippen LogP contribution < -0.4 is 0 Å². The van der Waals surface area contributed by atoms with Crippen molar-refractivity contribution in [3.05, 3.63) is 47.0 Å². The molecule has 0 N–H and O–H groups in total. The molecule has 1 aliphatic carbocycles. The van der Waals surface area contributed by atoms with Gasteiger partial charge in [-0.3, -0.25) is 9.59 Å². The van der Waals surface area contributed by atoms with Gasteiger partial charge < -0.3 is 14.2 Å². The Morgan fingerprint density at radius 1 is 1.19 bits per heavy atom. The summed E-state index contributed by atoms with van der Waals surface area (Å²) in [5, 5.41) is 0. The van der Waals surface area contributed by atoms with Crippen LogP contribution in [0.2, 0.25) is 0 Å². The van der Waals surface area contributed by atoms with Crippen molar-refractivity contribution >= 4 is 11.8 Å². The fraction of sp³-hybridized carbons (Fsp3) is 0.545. The number of ether oxygens (including phenoxy) is 3. The monoisotopic (exact) mass is 374 g/mol. The summed E-state index contributed by atoms with van der Waals surface area (Å²) in [6, 6.07) is 8.08. The lowest BCUT2D eigenvalue weighted by molar-refractivity contribution is -0.148. The summed E-state index contributed by atoms with van der Waals surface area (Å²) in [5.41, 5.74) is 3.09. The molecule has 0 saturated heterocycles. The third kappa shape index (κ3) is 6.92. The second-order valence-corrected chi connectivity index (χ2v) is 6.62. The molecule has 0 aromatic heterocycles. The number of benzene rings is 1. The van der Waals surface area contributed by atoms with Crippen LogP contribution in [0.1, 0.15) is 51.2 Å². The van der Waals surface area contributed by atoms with Gasteiger partial charge in [0.2, 0.25) is 0 Å². The quantitative estimate of drug-likeness (QED) is 0.436. The van der Waals surface area contributed by atoms with Crippen molar-refractivity contribution in [2.24, 2.45) is 0 Å². The molecule has 27 heavy (non-hydrogen) atoms. The lowest BCUT2D eigenvalue weighted by atomic mass is 9.96. The number of carbonyl (C=O) groups is 2. The lowest BCUT2D eigenvalue weighted by Crippen LogP contribution is -2.20. The number of allylic oxidation sites excluding steroid dienone is 1. The van der Waals surface area contributed by atoms with Gasteiger partial charge in [0.1, 0.15) is 0 Å². The Hall–Kier alpha value is -1.98. The van der Waals surface area contributed by atoms with Crippen LogP contribution in [0.5, 0.6) is 0 Å². The number of aryl methyl sites for hydroxylation is 1. The molecule has 5 heteroatoms. The largest absolute Gasteiger partial charge is 0.466 e. The van der Waals surface area contributed by atoms with Gasteiger partial charge in [0.05, 0.1) is 12.7 Å². The summed E-state index contributed by atoms with van der Waals surface area (Å²) in [5.74, 6) is -0.0305. The minimum atomic E-state index is -0.321. The second kappa shape index (κ2) is 11.0. The van der Waals surface area contributed by atoms with Crippen molar-refractivity contribution < 1.29 is 23.8 Å². The summed E-state index contributed by atoms with van der Waals surface area (Å²) in [7, 11) is 0. The minimum absolute atomic E-state index is 0.130. The number of hydrogen-bond acceptors (Lipinski definition) is 5. The zero-order valence-corrected chi connectivity index (χ0v) is 16.5. The topological polar surface area (TPSA) is 61.8 Å². The Labute approximate surface area is 161 Å². The number of ketones is 1. The van der Waals surface area contributed by atoms with Crippen LogP contribution in [-0.4, -0.2) is 37.4 Å². The number of Topliss-reactive ketones (excluding diaryl/α,β-unsaturated/α-hetero) is 1. The van der Waals surface area contributed by atoms with Gasteiger partial charge in [-0.1, -0.05) is 24.3 Å². The molecule has 0 spiro atoms. The van der Waals surface area contributed by atoms with E-state index in [-0.39, 0.29) is 24.1 Å². The molecule has 2 unspecified atom stereocenters. The number of esters is 1. The highest BCUT2D eigenvalue weighted by molar-refractivity contribution is 5.98. The summed E-state index contributed by atoms with van der Waals surface area (Å²) < 4.78 is 16.1. The average Bonchev–Trinajstić information content (AvgIpc) is 2.96. The van der Waals surface area contributed by atoms with Crippen molar-refractivity contribution in [2.75, 3.05) is 13.2 Å². The van der Waals surface area contributed by atoms with E-state index in [0.29, 0.717) is 32.5 Å². The maximum atomic E-state index is 12.4. The molecule has 1 aromatic carbocycles. The molecule has 0 aliphatic heterocycles. The van der Waals surface area contributed by atoms with Crippen molar-refractivity contribution in [3.63, 3.8) is 0 Å². The van der Waals surface area contributed by atoms with Gasteiger partial charge in [-0.2, -0.15) is 0 Å². The molecule has 0 amide bonds. The fourth-order valence-electron chi connectivity index (χ4n) is 3.29. The SMILES string of the molecule is CCOC(=O)CCCc1ccccc1CC1=CC(OC(C)OCC)CC1=O. The molecule has 0 heterocycles. The Morgan fingerprint density at radius 3 is 2.63 bits per heavy atom. The smallest absolute Gasteiger partial charge is 0.305 e. The number of carbonyl (C=O) groups excluding carboxylic acids is 2. The van der Waals surface area contributed by atoms with Gasteiger partial charge in [0, 0.05) is 25.9 Å². The predicted octanol–water partition coefficient (Wildman–Crippen LogP) is 3.78. The van der Waals surface area contributed by atoms with E-state index in [4.69, 9.17) is 14.2 Å². The van der Waals surface area contributed by atoms with Crippen molar-refractivity contribution in [1.29, 1.82) is 0 Å². The zero-order chi connectivity index (χ0) is 19.6. The maximum Gasteiger partial charge on any atom is 0.305 e. The summed E-state index contributed by atoms with van der Waals surface area (Å²) in [4.78, 5) is 23.9. The molecule has 1 aromatic rings. The van der Waals surface area contributed by atoms with Crippen LogP contribution in [0.3, 0.4) is 0 Å². The average molecular weight is 374 g/mol. The van der Waals surface area contributed by atoms with E-state index in [0.717, 1.165) is 24.0 Å². The van der Waals surface area contributed by atoms with Gasteiger partial charge in [0.25, 0.3) is 0 Å². The normalized spacial score (nSPS) is 17.7. The van der Waals surface area contributed by atoms with Crippen LogP contribution in [-0.2, 0) is 36.6 Å². The van der Waals surface area contributed by atoms with E-state index >= 15 is 0 Å². The molecule has 0 radical (unpaired) electrons. The lowest BCUT2D eigenvalue weighted by Gasteiger charge is -2.16. The molecular weight excluding hydrogens is 344 g/mol. The van der Waals surface area contributed by atoms with Crippen LogP contribution >= 0.6 is 0 Å². The number of hydrogen-bond donors (Lipinski definition) is 0. The van der Waals surface area contributed by atoms with Gasteiger partial charge >= 0.3 is 5.97 Å². The van der Waals surface area contributed by atoms with Gasteiger partial charge in [-0.15, -0.1) is 0 Å². The van der Waals surface area contributed by atoms with E-state index in [1.165, 1.54) is 5.56 Å². The van der Waals surface area contributed by atoms with Gasteiger partial charge in [-0.05, 0) is 56.4 Å².